The summed E-state index contributed by atoms with van der Waals surface area (Å²) in [4.78, 5) is 6.52. The third-order valence-electron chi connectivity index (χ3n) is 3.50. The summed E-state index contributed by atoms with van der Waals surface area (Å²) in [7, 11) is 4.04. The number of nitrogens with zero attached hydrogens (tertiary/aromatic N) is 2. The molecule has 108 valence electrons. The predicted molar refractivity (Wildman–Crippen MR) is 83.7 cm³/mol. The van der Waals surface area contributed by atoms with E-state index in [1.807, 2.05) is 25.2 Å². The van der Waals surface area contributed by atoms with Crippen molar-refractivity contribution >= 4 is 5.82 Å². The van der Waals surface area contributed by atoms with Crippen molar-refractivity contribution in [1.29, 1.82) is 0 Å². The van der Waals surface area contributed by atoms with Gasteiger partial charge < -0.3 is 10.2 Å². The quantitative estimate of drug-likeness (QED) is 0.820. The minimum Gasteiger partial charge on any atom is -0.363 e. The summed E-state index contributed by atoms with van der Waals surface area (Å²) in [6, 6.07) is 4.85. The van der Waals surface area contributed by atoms with Crippen LogP contribution in [0, 0.1) is 11.8 Å². The fourth-order valence-electron chi connectivity index (χ4n) is 2.04. The predicted octanol–water partition coefficient (Wildman–Crippen LogP) is 2.96. The van der Waals surface area contributed by atoms with E-state index in [2.05, 4.69) is 50.1 Å². The summed E-state index contributed by atoms with van der Waals surface area (Å²) in [5.41, 5.74) is 1.33. The molecule has 0 aliphatic heterocycles. The summed E-state index contributed by atoms with van der Waals surface area (Å²) < 4.78 is 0. The first-order valence-electron chi connectivity index (χ1n) is 7.25. The second-order valence-corrected chi connectivity index (χ2v) is 6.19. The van der Waals surface area contributed by atoms with Crippen LogP contribution in [-0.4, -0.2) is 31.7 Å². The largest absolute Gasteiger partial charge is 0.363 e. The third-order valence-corrected chi connectivity index (χ3v) is 3.50. The first kappa shape index (κ1) is 16.0. The van der Waals surface area contributed by atoms with E-state index in [0.717, 1.165) is 18.8 Å². The highest BCUT2D eigenvalue weighted by atomic mass is 15.1. The van der Waals surface area contributed by atoms with Crippen LogP contribution in [0.1, 0.15) is 33.3 Å². The number of hydrogen-bond acceptors (Lipinski definition) is 3. The fourth-order valence-corrected chi connectivity index (χ4v) is 2.04. The molecule has 1 rings (SSSR count). The van der Waals surface area contributed by atoms with Gasteiger partial charge in [-0.15, -0.1) is 0 Å². The Morgan fingerprint density at radius 2 is 1.84 bits per heavy atom. The molecule has 0 aliphatic rings. The van der Waals surface area contributed by atoms with Crippen LogP contribution in [0.5, 0.6) is 0 Å². The maximum Gasteiger partial charge on any atom is 0.127 e. The van der Waals surface area contributed by atoms with Crippen molar-refractivity contribution in [2.24, 2.45) is 11.8 Å². The third kappa shape index (κ3) is 5.60. The van der Waals surface area contributed by atoms with Gasteiger partial charge in [-0.25, -0.2) is 4.98 Å². The summed E-state index contributed by atoms with van der Waals surface area (Å²) in [5, 5.41) is 3.55. The van der Waals surface area contributed by atoms with E-state index in [-0.39, 0.29) is 0 Å². The van der Waals surface area contributed by atoms with E-state index < -0.39 is 0 Å². The smallest absolute Gasteiger partial charge is 0.127 e. The molecule has 0 aromatic carbocycles. The molecule has 1 aromatic rings. The lowest BCUT2D eigenvalue weighted by molar-refractivity contribution is 0.349. The number of aromatic nitrogens is 1. The molecule has 1 heterocycles. The average Bonchev–Trinajstić information content (AvgIpc) is 2.34. The van der Waals surface area contributed by atoms with E-state index in [1.165, 1.54) is 5.56 Å². The van der Waals surface area contributed by atoms with Crippen molar-refractivity contribution in [1.82, 2.24) is 10.3 Å². The zero-order chi connectivity index (χ0) is 14.4. The molecule has 0 radical (unpaired) electrons. The first-order valence-corrected chi connectivity index (χ1v) is 7.25. The average molecular weight is 263 g/mol. The van der Waals surface area contributed by atoms with Gasteiger partial charge in [0, 0.05) is 26.3 Å². The molecule has 1 N–H and O–H groups in total. The van der Waals surface area contributed by atoms with E-state index in [4.69, 9.17) is 0 Å². The highest BCUT2D eigenvalue weighted by molar-refractivity contribution is 5.37. The van der Waals surface area contributed by atoms with Gasteiger partial charge in [-0.05, 0) is 36.4 Å². The molecule has 0 amide bonds. The van der Waals surface area contributed by atoms with Crippen molar-refractivity contribution in [3.8, 4) is 0 Å². The SMILES string of the molecule is CC(C)NCC(Cc1ccc(N(C)C)nc1)C(C)C. The standard InChI is InChI=1S/C16H29N3/c1-12(2)15(11-17-13(3)4)9-14-7-8-16(18-10-14)19(5)6/h7-8,10,12-13,15,17H,9,11H2,1-6H3. The van der Waals surface area contributed by atoms with E-state index in [1.54, 1.807) is 0 Å². The van der Waals surface area contributed by atoms with E-state index in [9.17, 15) is 0 Å². The number of anilines is 1. The fraction of sp³-hybridized carbons (Fsp3) is 0.688. The van der Waals surface area contributed by atoms with Gasteiger partial charge in [-0.2, -0.15) is 0 Å². The van der Waals surface area contributed by atoms with Crippen LogP contribution >= 0.6 is 0 Å². The van der Waals surface area contributed by atoms with Crippen LogP contribution < -0.4 is 10.2 Å². The zero-order valence-corrected chi connectivity index (χ0v) is 13.3. The Balaban J connectivity index is 2.63. The molecule has 0 saturated carbocycles. The number of hydrogen-bond donors (Lipinski definition) is 1. The van der Waals surface area contributed by atoms with Crippen molar-refractivity contribution < 1.29 is 0 Å². The van der Waals surface area contributed by atoms with Gasteiger partial charge in [0.15, 0.2) is 0 Å². The summed E-state index contributed by atoms with van der Waals surface area (Å²) in [5.74, 6) is 2.36. The van der Waals surface area contributed by atoms with Crippen LogP contribution in [0.25, 0.3) is 0 Å². The van der Waals surface area contributed by atoms with Gasteiger partial charge in [0.05, 0.1) is 0 Å². The molecule has 19 heavy (non-hydrogen) atoms. The minimum atomic E-state index is 0.551. The zero-order valence-electron chi connectivity index (χ0n) is 13.3. The lowest BCUT2D eigenvalue weighted by atomic mass is 9.89. The topological polar surface area (TPSA) is 28.2 Å². The van der Waals surface area contributed by atoms with Gasteiger partial charge in [0.2, 0.25) is 0 Å². The van der Waals surface area contributed by atoms with Crippen molar-refractivity contribution in [3.05, 3.63) is 23.9 Å². The Morgan fingerprint density at radius 1 is 1.16 bits per heavy atom. The molecule has 0 bridgehead atoms. The molecule has 1 aromatic heterocycles. The van der Waals surface area contributed by atoms with Gasteiger partial charge in [-0.3, -0.25) is 0 Å². The number of rotatable bonds is 7. The Kier molecular flexibility index (Phi) is 6.29. The molecular weight excluding hydrogens is 234 g/mol. The van der Waals surface area contributed by atoms with E-state index in [0.29, 0.717) is 17.9 Å². The molecule has 3 heteroatoms. The van der Waals surface area contributed by atoms with E-state index >= 15 is 0 Å². The molecule has 0 fully saturated rings. The number of pyridine rings is 1. The van der Waals surface area contributed by atoms with Crippen LogP contribution in [0.15, 0.2) is 18.3 Å². The molecule has 0 aliphatic carbocycles. The highest BCUT2D eigenvalue weighted by Gasteiger charge is 2.14. The van der Waals surface area contributed by atoms with Gasteiger partial charge in [-0.1, -0.05) is 33.8 Å². The summed E-state index contributed by atoms with van der Waals surface area (Å²) in [6.07, 6.45) is 3.11. The van der Waals surface area contributed by atoms with Crippen LogP contribution in [-0.2, 0) is 6.42 Å². The summed E-state index contributed by atoms with van der Waals surface area (Å²) in [6.45, 7) is 10.1. The molecule has 3 nitrogen and oxygen atoms in total. The maximum absolute atomic E-state index is 4.49. The monoisotopic (exact) mass is 263 g/mol. The normalized spacial score (nSPS) is 13.1. The molecule has 0 spiro atoms. The minimum absolute atomic E-state index is 0.551. The molecule has 1 atom stereocenters. The molecule has 0 saturated heterocycles. The van der Waals surface area contributed by atoms with Crippen LogP contribution in [0.3, 0.4) is 0 Å². The van der Waals surface area contributed by atoms with Gasteiger partial charge in [0.1, 0.15) is 5.82 Å². The highest BCUT2D eigenvalue weighted by Crippen LogP contribution is 2.18. The van der Waals surface area contributed by atoms with Crippen molar-refractivity contribution in [2.75, 3.05) is 25.5 Å². The molecule has 1 unspecified atom stereocenters. The second-order valence-electron chi connectivity index (χ2n) is 6.19. The van der Waals surface area contributed by atoms with Gasteiger partial charge >= 0.3 is 0 Å². The second kappa shape index (κ2) is 7.49. The Labute approximate surface area is 118 Å². The number of nitrogens with one attached hydrogen (secondary N) is 1. The van der Waals surface area contributed by atoms with Crippen molar-refractivity contribution in [3.63, 3.8) is 0 Å². The van der Waals surface area contributed by atoms with Gasteiger partial charge in [0.25, 0.3) is 0 Å². The van der Waals surface area contributed by atoms with Crippen LogP contribution in [0.4, 0.5) is 5.82 Å². The Morgan fingerprint density at radius 3 is 2.26 bits per heavy atom. The summed E-state index contributed by atoms with van der Waals surface area (Å²) >= 11 is 0. The Bertz CT molecular complexity index is 355. The van der Waals surface area contributed by atoms with Crippen LogP contribution in [0.2, 0.25) is 0 Å². The lowest BCUT2D eigenvalue weighted by Gasteiger charge is -2.23. The van der Waals surface area contributed by atoms with Crippen molar-refractivity contribution in [2.45, 2.75) is 40.2 Å². The lowest BCUT2D eigenvalue weighted by Crippen LogP contribution is -2.32. The first-order chi connectivity index (χ1) is 8.90. The molecular formula is C16H29N3. The maximum atomic E-state index is 4.49. The Hall–Kier alpha value is -1.09.